The van der Waals surface area contributed by atoms with Gasteiger partial charge in [-0.15, -0.1) is 0 Å². The Morgan fingerprint density at radius 1 is 1.52 bits per heavy atom. The van der Waals surface area contributed by atoms with Crippen molar-refractivity contribution in [2.45, 2.75) is 52.1 Å². The lowest BCUT2D eigenvalue weighted by atomic mass is 9.85. The van der Waals surface area contributed by atoms with Gasteiger partial charge in [-0.25, -0.2) is 9.78 Å². The summed E-state index contributed by atoms with van der Waals surface area (Å²) in [6.45, 7) is 8.19. The molecule has 0 spiro atoms. The van der Waals surface area contributed by atoms with Crippen LogP contribution in [0.5, 0.6) is 0 Å². The van der Waals surface area contributed by atoms with Crippen LogP contribution in [0.2, 0.25) is 0 Å². The third-order valence-electron chi connectivity index (χ3n) is 4.83. The first kappa shape index (κ1) is 17.8. The average Bonchev–Trinajstić information content (AvgIpc) is 2.99. The fraction of sp³-hybridized carbons (Fsp3) is 0.765. The van der Waals surface area contributed by atoms with Crippen molar-refractivity contribution >= 4 is 6.03 Å². The predicted molar refractivity (Wildman–Crippen MR) is 92.2 cm³/mol. The summed E-state index contributed by atoms with van der Waals surface area (Å²) >= 11 is 0. The van der Waals surface area contributed by atoms with Crippen LogP contribution in [0, 0.1) is 5.41 Å². The van der Waals surface area contributed by atoms with Gasteiger partial charge in [0.2, 0.25) is 0 Å². The van der Waals surface area contributed by atoms with Crippen LogP contribution in [0.15, 0.2) is 12.4 Å². The number of carbonyl (C=O) groups excluding carboxylic acids is 1. The van der Waals surface area contributed by atoms with Crippen LogP contribution in [0.4, 0.5) is 4.79 Å². The van der Waals surface area contributed by atoms with E-state index in [1.165, 1.54) is 0 Å². The van der Waals surface area contributed by atoms with Gasteiger partial charge >= 0.3 is 6.03 Å². The number of hydrogen-bond donors (Lipinski definition) is 2. The zero-order valence-electron chi connectivity index (χ0n) is 15.1. The molecule has 6 nitrogen and oxygen atoms in total. The first-order valence-corrected chi connectivity index (χ1v) is 8.52. The number of likely N-dealkylation sites (tertiary alicyclic amines) is 1. The van der Waals surface area contributed by atoms with E-state index in [0.29, 0.717) is 0 Å². The topological polar surface area (TPSA) is 64.3 Å². The van der Waals surface area contributed by atoms with E-state index in [4.69, 9.17) is 0 Å². The molecule has 6 heteroatoms. The fourth-order valence-electron chi connectivity index (χ4n) is 3.33. The van der Waals surface area contributed by atoms with Crippen molar-refractivity contribution < 1.29 is 4.79 Å². The van der Waals surface area contributed by atoms with Crippen molar-refractivity contribution in [1.82, 2.24) is 25.1 Å². The number of rotatable bonds is 5. The molecule has 1 aliphatic rings. The molecule has 0 bridgehead atoms. The molecule has 1 fully saturated rings. The van der Waals surface area contributed by atoms with Crippen LogP contribution in [0.25, 0.3) is 0 Å². The van der Waals surface area contributed by atoms with Gasteiger partial charge in [-0.1, -0.05) is 13.8 Å². The molecule has 1 aromatic heterocycles. The molecule has 2 amide bonds. The summed E-state index contributed by atoms with van der Waals surface area (Å²) in [5.74, 6) is 0.889. The number of urea groups is 1. The summed E-state index contributed by atoms with van der Waals surface area (Å²) in [5, 5.41) is 3.21. The number of hydrogen-bond acceptors (Lipinski definition) is 3. The highest BCUT2D eigenvalue weighted by molar-refractivity contribution is 5.75. The molecule has 0 radical (unpaired) electrons. The Morgan fingerprint density at radius 2 is 2.26 bits per heavy atom. The van der Waals surface area contributed by atoms with E-state index in [1.807, 2.05) is 11.1 Å². The maximum atomic E-state index is 12.8. The van der Waals surface area contributed by atoms with Crippen molar-refractivity contribution in [2.75, 3.05) is 27.2 Å². The maximum Gasteiger partial charge on any atom is 0.318 e. The van der Waals surface area contributed by atoms with E-state index in [2.05, 4.69) is 55.1 Å². The van der Waals surface area contributed by atoms with Gasteiger partial charge in [0.15, 0.2) is 0 Å². The summed E-state index contributed by atoms with van der Waals surface area (Å²) in [6.07, 6.45) is 6.74. The van der Waals surface area contributed by atoms with Crippen molar-refractivity contribution in [3.8, 4) is 0 Å². The molecule has 1 saturated heterocycles. The Labute approximate surface area is 139 Å². The summed E-state index contributed by atoms with van der Waals surface area (Å²) in [4.78, 5) is 24.4. The van der Waals surface area contributed by atoms with Crippen molar-refractivity contribution in [3.05, 3.63) is 18.2 Å². The monoisotopic (exact) mass is 321 g/mol. The van der Waals surface area contributed by atoms with Gasteiger partial charge in [-0.05, 0) is 45.7 Å². The minimum Gasteiger partial charge on any atom is -0.347 e. The number of imidazole rings is 1. The molecule has 0 aromatic carbocycles. The molecule has 0 aliphatic carbocycles. The Hall–Kier alpha value is -1.56. The van der Waals surface area contributed by atoms with E-state index in [1.54, 1.807) is 6.20 Å². The molecule has 2 heterocycles. The summed E-state index contributed by atoms with van der Waals surface area (Å²) in [5.41, 5.74) is 0.00905. The molecule has 0 saturated carbocycles. The molecule has 2 atom stereocenters. The number of nitrogens with one attached hydrogen (secondary N) is 2. The van der Waals surface area contributed by atoms with Crippen LogP contribution in [-0.4, -0.2) is 59.0 Å². The summed E-state index contributed by atoms with van der Waals surface area (Å²) < 4.78 is 0. The van der Waals surface area contributed by atoms with Crippen LogP contribution >= 0.6 is 0 Å². The average molecular weight is 321 g/mol. The van der Waals surface area contributed by atoms with E-state index in [-0.39, 0.29) is 23.5 Å². The van der Waals surface area contributed by atoms with Gasteiger partial charge in [-0.2, -0.15) is 0 Å². The van der Waals surface area contributed by atoms with Gasteiger partial charge in [0.25, 0.3) is 0 Å². The fourth-order valence-corrected chi connectivity index (χ4v) is 3.33. The van der Waals surface area contributed by atoms with Crippen LogP contribution in [0.3, 0.4) is 0 Å². The summed E-state index contributed by atoms with van der Waals surface area (Å²) in [6, 6.07) is 0.171. The minimum atomic E-state index is 0.00905. The molecule has 2 rings (SSSR count). The molecular weight excluding hydrogens is 290 g/mol. The largest absolute Gasteiger partial charge is 0.347 e. The van der Waals surface area contributed by atoms with Gasteiger partial charge in [0.1, 0.15) is 5.82 Å². The zero-order valence-corrected chi connectivity index (χ0v) is 15.1. The highest BCUT2D eigenvalue weighted by Crippen LogP contribution is 2.29. The lowest BCUT2D eigenvalue weighted by Gasteiger charge is -2.39. The minimum absolute atomic E-state index is 0.00905. The van der Waals surface area contributed by atoms with Crippen molar-refractivity contribution in [1.29, 1.82) is 0 Å². The Kier molecular flexibility index (Phi) is 5.68. The molecular formula is C17H31N5O. The Bertz CT molecular complexity index is 497. The second-order valence-electron chi connectivity index (χ2n) is 7.58. The first-order valence-electron chi connectivity index (χ1n) is 8.52. The third-order valence-corrected chi connectivity index (χ3v) is 4.83. The Balaban J connectivity index is 2.03. The quantitative estimate of drug-likeness (QED) is 0.876. The van der Waals surface area contributed by atoms with E-state index in [9.17, 15) is 4.79 Å². The molecule has 1 aromatic rings. The molecule has 1 aliphatic heterocycles. The number of piperidine rings is 1. The SMILES string of the molecule is CC(NC(=O)N1CCCCC1c1ncc[nH]1)C(C)(C)CN(C)C. The molecule has 23 heavy (non-hydrogen) atoms. The van der Waals surface area contributed by atoms with Crippen LogP contribution in [0.1, 0.15) is 51.9 Å². The zero-order chi connectivity index (χ0) is 17.0. The number of nitrogens with zero attached hydrogens (tertiary/aromatic N) is 3. The number of amides is 2. The standard InChI is InChI=1S/C17H31N5O/c1-13(17(2,3)12-21(4)5)20-16(23)22-11-7-6-8-14(22)15-18-9-10-19-15/h9-10,13-14H,6-8,11-12H2,1-5H3,(H,18,19)(H,20,23). The van der Waals surface area contributed by atoms with Gasteiger partial charge in [0.05, 0.1) is 6.04 Å². The summed E-state index contributed by atoms with van der Waals surface area (Å²) in [7, 11) is 4.13. The normalized spacial score (nSPS) is 20.6. The second-order valence-corrected chi connectivity index (χ2v) is 7.58. The van der Waals surface area contributed by atoms with Crippen LogP contribution in [-0.2, 0) is 0 Å². The lowest BCUT2D eigenvalue weighted by molar-refractivity contribution is 0.129. The lowest BCUT2D eigenvalue weighted by Crippen LogP contribution is -2.53. The highest BCUT2D eigenvalue weighted by atomic mass is 16.2. The van der Waals surface area contributed by atoms with Gasteiger partial charge < -0.3 is 20.1 Å². The smallest absolute Gasteiger partial charge is 0.318 e. The van der Waals surface area contributed by atoms with E-state index < -0.39 is 0 Å². The van der Waals surface area contributed by atoms with E-state index >= 15 is 0 Å². The molecule has 2 unspecified atom stereocenters. The first-order chi connectivity index (χ1) is 10.8. The van der Waals surface area contributed by atoms with Crippen molar-refractivity contribution in [2.24, 2.45) is 5.41 Å². The van der Waals surface area contributed by atoms with Crippen molar-refractivity contribution in [3.63, 3.8) is 0 Å². The number of carbonyl (C=O) groups is 1. The van der Waals surface area contributed by atoms with Gasteiger partial charge in [-0.3, -0.25) is 0 Å². The predicted octanol–water partition coefficient (Wildman–Crippen LogP) is 2.62. The van der Waals surface area contributed by atoms with Gasteiger partial charge in [0, 0.05) is 31.5 Å². The van der Waals surface area contributed by atoms with Crippen LogP contribution < -0.4 is 5.32 Å². The second kappa shape index (κ2) is 7.34. The number of H-pyrrole nitrogens is 1. The number of aromatic nitrogens is 2. The van der Waals surface area contributed by atoms with E-state index in [0.717, 1.165) is 38.2 Å². The number of aromatic amines is 1. The molecule has 2 N–H and O–H groups in total. The third kappa shape index (κ3) is 4.47. The molecule has 130 valence electrons. The highest BCUT2D eigenvalue weighted by Gasteiger charge is 2.33. The maximum absolute atomic E-state index is 12.8. The Morgan fingerprint density at radius 3 is 2.87 bits per heavy atom.